The van der Waals surface area contributed by atoms with Gasteiger partial charge in [-0.2, -0.15) is 0 Å². The van der Waals surface area contributed by atoms with Crippen LogP contribution in [0.1, 0.15) is 11.6 Å². The predicted molar refractivity (Wildman–Crippen MR) is 116 cm³/mol. The minimum absolute atomic E-state index is 0.907. The first-order chi connectivity index (χ1) is 14.2. The van der Waals surface area contributed by atoms with E-state index in [-0.39, 0.29) is 0 Å². The maximum Gasteiger partial charge on any atom is 0.103 e. The van der Waals surface area contributed by atoms with Gasteiger partial charge in [0.05, 0.1) is 41.1 Å². The van der Waals surface area contributed by atoms with Gasteiger partial charge in [0.2, 0.25) is 0 Å². The number of hydrogen-bond donors (Lipinski definition) is 3. The molecule has 6 heteroatoms. The van der Waals surface area contributed by atoms with Crippen LogP contribution in [0, 0.1) is 13.8 Å². The van der Waals surface area contributed by atoms with E-state index in [0.29, 0.717) is 0 Å². The number of hydrogen-bond acceptors (Lipinski definition) is 3. The number of benzene rings is 3. The third kappa shape index (κ3) is 2.39. The van der Waals surface area contributed by atoms with Gasteiger partial charge in [0.15, 0.2) is 0 Å². The predicted octanol–water partition coefficient (Wildman–Crippen LogP) is 5.27. The van der Waals surface area contributed by atoms with Crippen LogP contribution in [0.2, 0.25) is 0 Å². The maximum atomic E-state index is 4.64. The Morgan fingerprint density at radius 3 is 1.83 bits per heavy atom. The monoisotopic (exact) mass is 378 g/mol. The largest absolute Gasteiger partial charge is 0.344 e. The normalized spacial score (nSPS) is 11.8. The van der Waals surface area contributed by atoms with E-state index in [1.165, 1.54) is 10.8 Å². The molecule has 29 heavy (non-hydrogen) atoms. The van der Waals surface area contributed by atoms with Crippen LogP contribution in [0.15, 0.2) is 55.1 Å². The van der Waals surface area contributed by atoms with Gasteiger partial charge >= 0.3 is 0 Å². The molecule has 0 aliphatic heterocycles. The van der Waals surface area contributed by atoms with E-state index in [9.17, 15) is 0 Å². The van der Waals surface area contributed by atoms with Gasteiger partial charge in [0.25, 0.3) is 0 Å². The van der Waals surface area contributed by atoms with E-state index >= 15 is 0 Å². The van der Waals surface area contributed by atoms with Gasteiger partial charge in [0, 0.05) is 21.9 Å². The number of nitrogens with one attached hydrogen (secondary N) is 3. The van der Waals surface area contributed by atoms with E-state index in [1.54, 1.807) is 6.33 Å². The number of rotatable bonds is 2. The fourth-order valence-electron chi connectivity index (χ4n) is 4.13. The van der Waals surface area contributed by atoms with Crippen LogP contribution in [0.3, 0.4) is 0 Å². The number of aromatic amines is 3. The lowest BCUT2D eigenvalue weighted by Crippen LogP contribution is -1.86. The molecular weight excluding hydrogens is 360 g/mol. The van der Waals surface area contributed by atoms with Gasteiger partial charge in [0.1, 0.15) is 11.6 Å². The molecule has 3 N–H and O–H groups in total. The second-order valence-corrected chi connectivity index (χ2v) is 7.41. The first-order valence-electron chi connectivity index (χ1n) is 9.54. The number of H-pyrrole nitrogens is 3. The minimum Gasteiger partial charge on any atom is -0.344 e. The van der Waals surface area contributed by atoms with Crippen molar-refractivity contribution in [2.45, 2.75) is 13.8 Å². The molecule has 0 saturated carbocycles. The number of imidazole rings is 3. The molecule has 3 aromatic carbocycles. The summed E-state index contributed by atoms with van der Waals surface area (Å²) in [5, 5.41) is 4.67. The molecule has 0 unspecified atom stereocenters. The van der Waals surface area contributed by atoms with Gasteiger partial charge in [-0.1, -0.05) is 24.3 Å². The molecule has 0 amide bonds. The Morgan fingerprint density at radius 2 is 1.24 bits per heavy atom. The minimum atomic E-state index is 0.907. The van der Waals surface area contributed by atoms with E-state index in [0.717, 1.165) is 56.0 Å². The summed E-state index contributed by atoms with van der Waals surface area (Å²) < 4.78 is 0. The van der Waals surface area contributed by atoms with Crippen molar-refractivity contribution in [3.63, 3.8) is 0 Å². The van der Waals surface area contributed by atoms with E-state index < -0.39 is 0 Å². The SMILES string of the molecule is Cc1ncc(-c2ccc3c4ccc(-c5cnc(C)[nH]5)cc4c4[nH]cnc4c3c2)[nH]1. The molecule has 140 valence electrons. The topological polar surface area (TPSA) is 86.0 Å². The average Bonchev–Trinajstić information content (AvgIpc) is 3.48. The summed E-state index contributed by atoms with van der Waals surface area (Å²) in [4.78, 5) is 23.3. The van der Waals surface area contributed by atoms with Gasteiger partial charge < -0.3 is 15.0 Å². The Hall–Kier alpha value is -3.93. The zero-order valence-corrected chi connectivity index (χ0v) is 16.0. The first kappa shape index (κ1) is 16.1. The highest BCUT2D eigenvalue weighted by molar-refractivity contribution is 6.24. The number of nitrogens with zero attached hydrogens (tertiary/aromatic N) is 3. The van der Waals surface area contributed by atoms with Crippen molar-refractivity contribution in [2.24, 2.45) is 0 Å². The standard InChI is InChI=1S/C23H18N6/c1-12-24-9-20(28-12)14-3-5-16-17-6-4-15(21-10-25-13(2)29-21)8-19(17)23-22(18(16)7-14)26-11-27-23/h3-11H,1-2H3,(H,24,28)(H,25,29)(H,26,27). The van der Waals surface area contributed by atoms with Crippen LogP contribution in [-0.4, -0.2) is 29.9 Å². The Morgan fingerprint density at radius 1 is 0.655 bits per heavy atom. The second kappa shape index (κ2) is 5.78. The van der Waals surface area contributed by atoms with Crippen LogP contribution in [0.5, 0.6) is 0 Å². The van der Waals surface area contributed by atoms with Crippen molar-refractivity contribution in [3.05, 3.63) is 66.8 Å². The average molecular weight is 378 g/mol. The van der Waals surface area contributed by atoms with E-state index in [2.05, 4.69) is 66.3 Å². The van der Waals surface area contributed by atoms with Crippen LogP contribution >= 0.6 is 0 Å². The van der Waals surface area contributed by atoms with Crippen LogP contribution in [0.25, 0.3) is 55.1 Å². The van der Waals surface area contributed by atoms with Crippen molar-refractivity contribution in [1.82, 2.24) is 29.9 Å². The van der Waals surface area contributed by atoms with Crippen LogP contribution in [-0.2, 0) is 0 Å². The molecule has 0 saturated heterocycles. The fourth-order valence-corrected chi connectivity index (χ4v) is 4.13. The summed E-state index contributed by atoms with van der Waals surface area (Å²) in [5.74, 6) is 1.82. The zero-order chi connectivity index (χ0) is 19.5. The molecule has 6 aromatic rings. The highest BCUT2D eigenvalue weighted by Gasteiger charge is 2.13. The molecule has 0 fully saturated rings. The second-order valence-electron chi connectivity index (χ2n) is 7.41. The van der Waals surface area contributed by atoms with Gasteiger partial charge in [-0.3, -0.25) is 0 Å². The van der Waals surface area contributed by atoms with Crippen molar-refractivity contribution in [3.8, 4) is 22.5 Å². The Kier molecular flexibility index (Phi) is 3.20. The van der Waals surface area contributed by atoms with Crippen LogP contribution in [0.4, 0.5) is 0 Å². The van der Waals surface area contributed by atoms with Gasteiger partial charge in [-0.05, 0) is 36.8 Å². The number of fused-ring (bicyclic) bond motifs is 6. The summed E-state index contributed by atoms with van der Waals surface area (Å²) in [5.41, 5.74) is 6.26. The highest BCUT2D eigenvalue weighted by Crippen LogP contribution is 2.37. The molecule has 6 nitrogen and oxygen atoms in total. The van der Waals surface area contributed by atoms with E-state index in [4.69, 9.17) is 0 Å². The Balaban J connectivity index is 1.66. The smallest absolute Gasteiger partial charge is 0.103 e. The zero-order valence-electron chi connectivity index (χ0n) is 16.0. The molecule has 0 atom stereocenters. The quantitative estimate of drug-likeness (QED) is 0.359. The molecule has 6 rings (SSSR count). The molecule has 0 aliphatic rings. The third-order valence-corrected chi connectivity index (χ3v) is 5.52. The number of aromatic nitrogens is 6. The lowest BCUT2D eigenvalue weighted by molar-refractivity contribution is 1.15. The molecule has 3 aromatic heterocycles. The molecule has 0 radical (unpaired) electrons. The summed E-state index contributed by atoms with van der Waals surface area (Å²) in [7, 11) is 0. The summed E-state index contributed by atoms with van der Waals surface area (Å²) >= 11 is 0. The highest BCUT2D eigenvalue weighted by atomic mass is 14.9. The lowest BCUT2D eigenvalue weighted by atomic mass is 9.96. The third-order valence-electron chi connectivity index (χ3n) is 5.52. The van der Waals surface area contributed by atoms with Gasteiger partial charge in [-0.25, -0.2) is 15.0 Å². The van der Waals surface area contributed by atoms with Gasteiger partial charge in [-0.15, -0.1) is 0 Å². The van der Waals surface area contributed by atoms with Crippen molar-refractivity contribution < 1.29 is 0 Å². The maximum absolute atomic E-state index is 4.64. The summed E-state index contributed by atoms with van der Waals surface area (Å²) in [6.07, 6.45) is 5.52. The molecule has 0 bridgehead atoms. The summed E-state index contributed by atoms with van der Waals surface area (Å²) in [6.45, 7) is 3.92. The first-order valence-corrected chi connectivity index (χ1v) is 9.54. The van der Waals surface area contributed by atoms with E-state index in [1.807, 2.05) is 26.2 Å². The van der Waals surface area contributed by atoms with Crippen molar-refractivity contribution >= 4 is 32.6 Å². The Bertz CT molecular complexity index is 1420. The lowest BCUT2D eigenvalue weighted by Gasteiger charge is -2.09. The molecule has 0 spiro atoms. The molecular formula is C23H18N6. The van der Waals surface area contributed by atoms with Crippen LogP contribution < -0.4 is 0 Å². The molecule has 0 aliphatic carbocycles. The molecule has 3 heterocycles. The number of aryl methyl sites for hydroxylation is 2. The fraction of sp³-hybridized carbons (Fsp3) is 0.0870. The Labute approximate surface area is 166 Å². The van der Waals surface area contributed by atoms with Crippen molar-refractivity contribution in [1.29, 1.82) is 0 Å². The summed E-state index contributed by atoms with van der Waals surface area (Å²) in [6, 6.07) is 13.0. The van der Waals surface area contributed by atoms with Crippen molar-refractivity contribution in [2.75, 3.05) is 0 Å².